The summed E-state index contributed by atoms with van der Waals surface area (Å²) in [4.78, 5) is 30.4. The van der Waals surface area contributed by atoms with Crippen LogP contribution in [0.15, 0.2) is 48.8 Å². The lowest BCUT2D eigenvalue weighted by Gasteiger charge is -2.09. The highest BCUT2D eigenvalue weighted by molar-refractivity contribution is 6.36. The minimum atomic E-state index is -0.353. The maximum absolute atomic E-state index is 13.9. The number of nitrogens with zero attached hydrogens (tertiary/aromatic N) is 4. The van der Waals surface area contributed by atoms with Gasteiger partial charge in [-0.2, -0.15) is 4.80 Å². The van der Waals surface area contributed by atoms with Gasteiger partial charge in [-0.3, -0.25) is 9.59 Å². The maximum Gasteiger partial charge on any atom is 0.256 e. The summed E-state index contributed by atoms with van der Waals surface area (Å²) in [6.07, 6.45) is 3.07. The molecule has 4 aromatic rings. The summed E-state index contributed by atoms with van der Waals surface area (Å²) < 4.78 is 13.9. The number of fused-ring (bicyclic) bond motifs is 1. The van der Waals surface area contributed by atoms with Gasteiger partial charge < -0.3 is 15.6 Å². The van der Waals surface area contributed by atoms with E-state index >= 15 is 0 Å². The minimum Gasteiger partial charge on any atom is -0.358 e. The number of nitrogens with one attached hydrogen (secondary N) is 3. The van der Waals surface area contributed by atoms with E-state index in [1.807, 2.05) is 32.0 Å². The number of benzene rings is 2. The fourth-order valence-corrected chi connectivity index (χ4v) is 4.34. The molecule has 0 unspecified atom stereocenters. The van der Waals surface area contributed by atoms with Crippen molar-refractivity contribution in [2.45, 2.75) is 20.4 Å². The van der Waals surface area contributed by atoms with Crippen LogP contribution in [0.25, 0.3) is 22.8 Å². The molecule has 0 aliphatic carbocycles. The lowest BCUT2D eigenvalue weighted by molar-refractivity contribution is -0.110. The van der Waals surface area contributed by atoms with Crippen molar-refractivity contribution in [3.05, 3.63) is 82.7 Å². The molecule has 1 aliphatic heterocycles. The molecule has 0 spiro atoms. The Labute approximate surface area is 200 Å². The second kappa shape index (κ2) is 8.98. The molecule has 3 heterocycles. The van der Waals surface area contributed by atoms with Crippen LogP contribution < -0.4 is 10.6 Å². The van der Waals surface area contributed by atoms with E-state index in [1.165, 1.54) is 23.3 Å². The van der Waals surface area contributed by atoms with Crippen molar-refractivity contribution in [1.82, 2.24) is 30.5 Å². The highest BCUT2D eigenvalue weighted by Crippen LogP contribution is 2.40. The Morgan fingerprint density at radius 3 is 2.80 bits per heavy atom. The zero-order valence-electron chi connectivity index (χ0n) is 19.1. The van der Waals surface area contributed by atoms with Crippen molar-refractivity contribution in [2.75, 3.05) is 11.9 Å². The average Bonchev–Trinajstić information content (AvgIpc) is 3.52. The first-order chi connectivity index (χ1) is 16.9. The third kappa shape index (κ3) is 4.21. The van der Waals surface area contributed by atoms with Crippen molar-refractivity contribution in [1.29, 1.82) is 0 Å². The maximum atomic E-state index is 13.9. The van der Waals surface area contributed by atoms with Crippen molar-refractivity contribution < 1.29 is 14.0 Å². The SMILES string of the molecule is Cc1[nH]c(C=C2C(=O)Nc3cccc(-c4cccc(F)c4)c32)c(C)c1C(=O)NCCn1ncnn1. The molecule has 0 saturated heterocycles. The summed E-state index contributed by atoms with van der Waals surface area (Å²) in [5.74, 6) is -0.853. The van der Waals surface area contributed by atoms with Crippen LogP contribution in [0.1, 0.15) is 32.9 Å². The fraction of sp³-hybridized carbons (Fsp3) is 0.160. The van der Waals surface area contributed by atoms with Gasteiger partial charge in [-0.1, -0.05) is 24.3 Å². The molecule has 5 rings (SSSR count). The van der Waals surface area contributed by atoms with Crippen LogP contribution in [-0.2, 0) is 11.3 Å². The van der Waals surface area contributed by atoms with Crippen LogP contribution in [-0.4, -0.2) is 43.6 Å². The van der Waals surface area contributed by atoms with E-state index in [0.717, 1.165) is 11.1 Å². The fourth-order valence-electron chi connectivity index (χ4n) is 4.34. The summed E-state index contributed by atoms with van der Waals surface area (Å²) in [5, 5.41) is 17.1. The lowest BCUT2D eigenvalue weighted by Crippen LogP contribution is -2.28. The second-order valence-corrected chi connectivity index (χ2v) is 8.20. The molecule has 0 atom stereocenters. The van der Waals surface area contributed by atoms with Crippen molar-refractivity contribution in [2.24, 2.45) is 0 Å². The summed E-state index contributed by atoms with van der Waals surface area (Å²) in [5.41, 5.74) is 5.77. The van der Waals surface area contributed by atoms with Gasteiger partial charge in [0.25, 0.3) is 11.8 Å². The minimum absolute atomic E-state index is 0.238. The van der Waals surface area contributed by atoms with Crippen LogP contribution in [0.2, 0.25) is 0 Å². The molecular weight excluding hydrogens is 449 g/mol. The molecule has 0 radical (unpaired) electrons. The van der Waals surface area contributed by atoms with Crippen LogP contribution in [0.5, 0.6) is 0 Å². The molecule has 10 heteroatoms. The van der Waals surface area contributed by atoms with Gasteiger partial charge in [-0.05, 0) is 60.0 Å². The number of amides is 2. The Balaban J connectivity index is 1.47. The molecule has 35 heavy (non-hydrogen) atoms. The second-order valence-electron chi connectivity index (χ2n) is 8.20. The standard InChI is InChI=1S/C25H22FN7O2/c1-14-21(30-15(2)22(14)25(35)27-9-10-33-29-13-28-32-33)12-19-23-18(16-5-3-6-17(26)11-16)7-4-8-20(23)31-24(19)34/h3-8,11-13,30H,9-10H2,1-2H3,(H,27,35)(H,31,34). The molecule has 9 nitrogen and oxygen atoms in total. The van der Waals surface area contributed by atoms with Crippen molar-refractivity contribution in [3.8, 4) is 11.1 Å². The number of carbonyl (C=O) groups excluding carboxylic acids is 2. The van der Waals surface area contributed by atoms with Crippen LogP contribution in [0.4, 0.5) is 10.1 Å². The van der Waals surface area contributed by atoms with E-state index in [2.05, 4.69) is 31.0 Å². The summed E-state index contributed by atoms with van der Waals surface area (Å²) in [6.45, 7) is 4.37. The van der Waals surface area contributed by atoms with Gasteiger partial charge in [0.1, 0.15) is 5.82 Å². The Kier molecular flexibility index (Phi) is 5.69. The molecule has 3 N–H and O–H groups in total. The number of carbonyl (C=O) groups is 2. The molecule has 0 bridgehead atoms. The number of rotatable bonds is 6. The number of halogens is 1. The first-order valence-electron chi connectivity index (χ1n) is 11.0. The predicted molar refractivity (Wildman–Crippen MR) is 129 cm³/mol. The topological polar surface area (TPSA) is 118 Å². The Bertz CT molecular complexity index is 1470. The van der Waals surface area contributed by atoms with Gasteiger partial charge in [0.15, 0.2) is 6.33 Å². The number of hydrogen-bond acceptors (Lipinski definition) is 5. The number of aryl methyl sites for hydroxylation is 1. The number of hydrogen-bond donors (Lipinski definition) is 3. The van der Waals surface area contributed by atoms with Crippen molar-refractivity contribution >= 4 is 29.2 Å². The monoisotopic (exact) mass is 471 g/mol. The van der Waals surface area contributed by atoms with Crippen LogP contribution in [0, 0.1) is 19.7 Å². The normalized spacial score (nSPS) is 13.7. The number of anilines is 1. The van der Waals surface area contributed by atoms with E-state index in [0.29, 0.717) is 52.4 Å². The Morgan fingerprint density at radius 1 is 1.20 bits per heavy atom. The third-order valence-corrected chi connectivity index (χ3v) is 5.94. The molecule has 2 aromatic carbocycles. The summed E-state index contributed by atoms with van der Waals surface area (Å²) >= 11 is 0. The zero-order valence-corrected chi connectivity index (χ0v) is 19.1. The highest BCUT2D eigenvalue weighted by atomic mass is 19.1. The first kappa shape index (κ1) is 22.2. The van der Waals surface area contributed by atoms with Crippen LogP contribution in [0.3, 0.4) is 0 Å². The van der Waals surface area contributed by atoms with E-state index in [4.69, 9.17) is 0 Å². The van der Waals surface area contributed by atoms with E-state index < -0.39 is 0 Å². The number of aromatic amines is 1. The van der Waals surface area contributed by atoms with E-state index in [9.17, 15) is 14.0 Å². The quantitative estimate of drug-likeness (QED) is 0.373. The molecule has 1 aliphatic rings. The molecule has 0 fully saturated rings. The third-order valence-electron chi connectivity index (χ3n) is 5.94. The Hall–Kier alpha value is -4.60. The number of aromatic nitrogens is 5. The summed E-state index contributed by atoms with van der Waals surface area (Å²) in [6, 6.07) is 11.8. The van der Waals surface area contributed by atoms with Gasteiger partial charge in [-0.15, -0.1) is 10.2 Å². The van der Waals surface area contributed by atoms with Gasteiger partial charge in [0.2, 0.25) is 0 Å². The van der Waals surface area contributed by atoms with Gasteiger partial charge >= 0.3 is 0 Å². The number of tetrazole rings is 1. The van der Waals surface area contributed by atoms with Gasteiger partial charge in [-0.25, -0.2) is 4.39 Å². The predicted octanol–water partition coefficient (Wildman–Crippen LogP) is 3.35. The molecular formula is C25H22FN7O2. The Morgan fingerprint density at radius 2 is 2.03 bits per heavy atom. The van der Waals surface area contributed by atoms with E-state index in [-0.39, 0.29) is 17.6 Å². The molecule has 0 saturated carbocycles. The van der Waals surface area contributed by atoms with E-state index in [1.54, 1.807) is 18.2 Å². The molecule has 176 valence electrons. The van der Waals surface area contributed by atoms with Crippen LogP contribution >= 0.6 is 0 Å². The average molecular weight is 471 g/mol. The number of H-pyrrole nitrogens is 1. The molecule has 2 amide bonds. The first-order valence-corrected chi connectivity index (χ1v) is 11.0. The largest absolute Gasteiger partial charge is 0.358 e. The lowest BCUT2D eigenvalue weighted by atomic mass is 9.94. The zero-order chi connectivity index (χ0) is 24.5. The van der Waals surface area contributed by atoms with Gasteiger partial charge in [0.05, 0.1) is 17.7 Å². The highest BCUT2D eigenvalue weighted by Gasteiger charge is 2.28. The van der Waals surface area contributed by atoms with Crippen molar-refractivity contribution in [3.63, 3.8) is 0 Å². The smallest absolute Gasteiger partial charge is 0.256 e. The summed E-state index contributed by atoms with van der Waals surface area (Å²) in [7, 11) is 0. The molecule has 2 aromatic heterocycles. The van der Waals surface area contributed by atoms with Gasteiger partial charge in [0, 0.05) is 29.2 Å².